The van der Waals surface area contributed by atoms with Crippen LogP contribution in [0.5, 0.6) is 0 Å². The summed E-state index contributed by atoms with van der Waals surface area (Å²) in [6, 6.07) is 13.3. The summed E-state index contributed by atoms with van der Waals surface area (Å²) in [5, 5.41) is 3.79. The lowest BCUT2D eigenvalue weighted by molar-refractivity contribution is -0.142. The van der Waals surface area contributed by atoms with Crippen molar-refractivity contribution in [2.75, 3.05) is 5.75 Å². The van der Waals surface area contributed by atoms with Gasteiger partial charge < -0.3 is 9.26 Å². The molecule has 0 amide bonds. The summed E-state index contributed by atoms with van der Waals surface area (Å²) in [6.45, 7) is -0.103. The first-order valence-corrected chi connectivity index (χ1v) is 9.00. The predicted molar refractivity (Wildman–Crippen MR) is 94.4 cm³/mol. The maximum atomic E-state index is 12.9. The molecule has 128 valence electrons. The normalized spacial score (nSPS) is 10.6. The average Bonchev–Trinajstić information content (AvgIpc) is 3.09. The molecule has 0 saturated heterocycles. The van der Waals surface area contributed by atoms with Crippen LogP contribution >= 0.6 is 27.7 Å². The number of rotatable bonds is 6. The van der Waals surface area contributed by atoms with Crippen LogP contribution in [0.25, 0.3) is 11.4 Å². The summed E-state index contributed by atoms with van der Waals surface area (Å²) in [7, 11) is 0. The highest BCUT2D eigenvalue weighted by Crippen LogP contribution is 2.21. The summed E-state index contributed by atoms with van der Waals surface area (Å²) < 4.78 is 24.0. The van der Waals surface area contributed by atoms with E-state index >= 15 is 0 Å². The van der Waals surface area contributed by atoms with Crippen molar-refractivity contribution < 1.29 is 18.4 Å². The minimum atomic E-state index is -0.380. The lowest BCUT2D eigenvalue weighted by Crippen LogP contribution is -2.07. The molecular formula is C17H12BrFN2O3S. The maximum absolute atomic E-state index is 12.9. The van der Waals surface area contributed by atoms with E-state index in [0.717, 1.165) is 9.37 Å². The van der Waals surface area contributed by atoms with Gasteiger partial charge >= 0.3 is 5.97 Å². The fraction of sp³-hybridized carbons (Fsp3) is 0.118. The maximum Gasteiger partial charge on any atom is 0.316 e. The number of carbonyl (C=O) groups is 1. The minimum Gasteiger partial charge on any atom is -0.455 e. The molecule has 0 fully saturated rings. The molecule has 0 spiro atoms. The summed E-state index contributed by atoms with van der Waals surface area (Å²) >= 11 is 4.73. The third kappa shape index (κ3) is 5.14. The predicted octanol–water partition coefficient (Wildman–Crippen LogP) is 4.47. The fourth-order valence-corrected chi connectivity index (χ4v) is 2.85. The smallest absolute Gasteiger partial charge is 0.316 e. The van der Waals surface area contributed by atoms with Crippen molar-refractivity contribution in [3.63, 3.8) is 0 Å². The standard InChI is InChI=1S/C17H12BrFN2O3S/c18-12-3-7-14(8-4-12)25-10-16(22)23-9-15-20-17(21-24-15)11-1-5-13(19)6-2-11/h1-8H,9-10H2. The fourth-order valence-electron chi connectivity index (χ4n) is 1.89. The Morgan fingerprint density at radius 3 is 2.60 bits per heavy atom. The minimum absolute atomic E-state index is 0.103. The number of hydrogen-bond acceptors (Lipinski definition) is 6. The van der Waals surface area contributed by atoms with Crippen molar-refractivity contribution in [2.45, 2.75) is 11.5 Å². The van der Waals surface area contributed by atoms with Crippen LogP contribution in [0.3, 0.4) is 0 Å². The van der Waals surface area contributed by atoms with Crippen LogP contribution in [-0.4, -0.2) is 21.9 Å². The number of hydrogen-bond donors (Lipinski definition) is 0. The van der Waals surface area contributed by atoms with Crippen LogP contribution in [0.15, 0.2) is 62.4 Å². The molecule has 0 radical (unpaired) electrons. The largest absolute Gasteiger partial charge is 0.455 e. The van der Waals surface area contributed by atoms with Gasteiger partial charge in [-0.3, -0.25) is 4.79 Å². The zero-order chi connectivity index (χ0) is 17.6. The van der Waals surface area contributed by atoms with Crippen LogP contribution in [0.2, 0.25) is 0 Å². The molecule has 25 heavy (non-hydrogen) atoms. The molecule has 1 aromatic heterocycles. The molecule has 0 atom stereocenters. The lowest BCUT2D eigenvalue weighted by Gasteiger charge is -2.02. The molecule has 0 bridgehead atoms. The third-order valence-corrected chi connectivity index (χ3v) is 4.61. The Morgan fingerprint density at radius 2 is 1.88 bits per heavy atom. The van der Waals surface area contributed by atoms with E-state index in [9.17, 15) is 9.18 Å². The Hall–Kier alpha value is -2.19. The van der Waals surface area contributed by atoms with Crippen molar-refractivity contribution in [1.29, 1.82) is 0 Å². The van der Waals surface area contributed by atoms with Crippen LogP contribution in [0, 0.1) is 5.82 Å². The molecule has 0 unspecified atom stereocenters. The second kappa shape index (κ2) is 8.26. The molecule has 0 N–H and O–H groups in total. The van der Waals surface area contributed by atoms with Crippen molar-refractivity contribution >= 4 is 33.7 Å². The van der Waals surface area contributed by atoms with Gasteiger partial charge in [0.25, 0.3) is 5.89 Å². The molecule has 3 rings (SSSR count). The Kier molecular flexibility index (Phi) is 5.83. The summed E-state index contributed by atoms with van der Waals surface area (Å²) in [5.41, 5.74) is 0.619. The molecule has 1 heterocycles. The van der Waals surface area contributed by atoms with Gasteiger partial charge in [0.2, 0.25) is 5.82 Å². The SMILES string of the molecule is O=C(CSc1ccc(Br)cc1)OCc1nc(-c2ccc(F)cc2)no1. The molecule has 0 aliphatic rings. The zero-order valence-electron chi connectivity index (χ0n) is 12.8. The summed E-state index contributed by atoms with van der Waals surface area (Å²) in [4.78, 5) is 16.9. The molecule has 0 aliphatic carbocycles. The molecule has 8 heteroatoms. The van der Waals surface area contributed by atoms with Gasteiger partial charge in [-0.05, 0) is 48.5 Å². The van der Waals surface area contributed by atoms with Crippen LogP contribution < -0.4 is 0 Å². The van der Waals surface area contributed by atoms with Gasteiger partial charge in [0.15, 0.2) is 6.61 Å². The van der Waals surface area contributed by atoms with Gasteiger partial charge in [-0.1, -0.05) is 21.1 Å². The highest BCUT2D eigenvalue weighted by Gasteiger charge is 2.11. The number of nitrogens with zero attached hydrogens (tertiary/aromatic N) is 2. The first kappa shape index (κ1) is 17.6. The van der Waals surface area contributed by atoms with E-state index in [1.807, 2.05) is 24.3 Å². The summed E-state index contributed by atoms with van der Waals surface area (Å²) in [5.74, 6) is -0.0450. The van der Waals surface area contributed by atoms with Gasteiger partial charge in [-0.25, -0.2) is 4.39 Å². The van der Waals surface area contributed by atoms with E-state index in [1.165, 1.54) is 23.9 Å². The molecule has 2 aromatic carbocycles. The van der Waals surface area contributed by atoms with Gasteiger partial charge in [-0.15, -0.1) is 11.8 Å². The van der Waals surface area contributed by atoms with Crippen LogP contribution in [0.4, 0.5) is 4.39 Å². The molecule has 0 aliphatic heterocycles. The highest BCUT2D eigenvalue weighted by atomic mass is 79.9. The highest BCUT2D eigenvalue weighted by molar-refractivity contribution is 9.10. The Labute approximate surface area is 155 Å². The number of esters is 1. The number of halogens is 2. The number of aromatic nitrogens is 2. The second-order valence-corrected chi connectivity index (χ2v) is 6.89. The quantitative estimate of drug-likeness (QED) is 0.431. The zero-order valence-corrected chi connectivity index (χ0v) is 15.2. The third-order valence-electron chi connectivity index (χ3n) is 3.10. The number of thioether (sulfide) groups is 1. The molecule has 5 nitrogen and oxygen atoms in total. The Morgan fingerprint density at radius 1 is 1.16 bits per heavy atom. The molecule has 3 aromatic rings. The van der Waals surface area contributed by atoms with E-state index < -0.39 is 0 Å². The topological polar surface area (TPSA) is 65.2 Å². The van der Waals surface area contributed by atoms with Crippen LogP contribution in [0.1, 0.15) is 5.89 Å². The van der Waals surface area contributed by atoms with E-state index in [-0.39, 0.29) is 30.0 Å². The molecule has 0 saturated carbocycles. The van der Waals surface area contributed by atoms with Crippen LogP contribution in [-0.2, 0) is 16.1 Å². The van der Waals surface area contributed by atoms with Crippen molar-refractivity contribution in [2.24, 2.45) is 0 Å². The first-order chi connectivity index (χ1) is 12.1. The van der Waals surface area contributed by atoms with Gasteiger partial charge in [0, 0.05) is 14.9 Å². The number of carbonyl (C=O) groups excluding carboxylic acids is 1. The van der Waals surface area contributed by atoms with Crippen molar-refractivity contribution in [1.82, 2.24) is 10.1 Å². The van der Waals surface area contributed by atoms with Crippen molar-refractivity contribution in [3.8, 4) is 11.4 Å². The summed E-state index contributed by atoms with van der Waals surface area (Å²) in [6.07, 6.45) is 0. The van der Waals surface area contributed by atoms with E-state index in [2.05, 4.69) is 26.1 Å². The Balaban J connectivity index is 1.49. The second-order valence-electron chi connectivity index (χ2n) is 4.92. The number of ether oxygens (including phenoxy) is 1. The van der Waals surface area contributed by atoms with Gasteiger partial charge in [0.05, 0.1) is 5.75 Å². The number of benzene rings is 2. The first-order valence-electron chi connectivity index (χ1n) is 7.23. The van der Waals surface area contributed by atoms with Gasteiger partial charge in [0.1, 0.15) is 5.82 Å². The Bertz CT molecular complexity index is 853. The van der Waals surface area contributed by atoms with Crippen molar-refractivity contribution in [3.05, 3.63) is 64.7 Å². The van der Waals surface area contributed by atoms with E-state index in [4.69, 9.17) is 9.26 Å². The van der Waals surface area contributed by atoms with E-state index in [0.29, 0.717) is 11.4 Å². The van der Waals surface area contributed by atoms with E-state index in [1.54, 1.807) is 12.1 Å². The average molecular weight is 423 g/mol. The molecular weight excluding hydrogens is 411 g/mol. The lowest BCUT2D eigenvalue weighted by atomic mass is 10.2. The van der Waals surface area contributed by atoms with Gasteiger partial charge in [-0.2, -0.15) is 4.98 Å². The monoisotopic (exact) mass is 422 g/mol.